The molecule has 0 saturated heterocycles. The zero-order valence-electron chi connectivity index (χ0n) is 11.9. The van der Waals surface area contributed by atoms with Gasteiger partial charge in [0, 0.05) is 28.1 Å². The standard InChI is InChI=1S/C16H22ClNOS/c1-12-2-6-14(7-3-12)18-16(19)10-11-20-15-8-4-13(17)5-9-15/h4-5,8-9,12,14H,2-3,6-7,10-11H2,1H3,(H,18,19). The molecule has 1 aliphatic carbocycles. The van der Waals surface area contributed by atoms with Gasteiger partial charge >= 0.3 is 0 Å². The molecule has 110 valence electrons. The Kier molecular flexibility index (Phi) is 6.24. The molecule has 1 aromatic rings. The maximum absolute atomic E-state index is 11.9. The second kappa shape index (κ2) is 7.94. The number of benzene rings is 1. The first kappa shape index (κ1) is 15.7. The Bertz CT molecular complexity index is 427. The van der Waals surface area contributed by atoms with Crippen LogP contribution in [0.15, 0.2) is 29.2 Å². The average molecular weight is 312 g/mol. The summed E-state index contributed by atoms with van der Waals surface area (Å²) in [6, 6.07) is 8.15. The van der Waals surface area contributed by atoms with Crippen molar-refractivity contribution in [2.75, 3.05) is 5.75 Å². The third-order valence-corrected chi connectivity index (χ3v) is 5.06. The van der Waals surface area contributed by atoms with E-state index in [2.05, 4.69) is 12.2 Å². The number of nitrogens with one attached hydrogen (secondary N) is 1. The topological polar surface area (TPSA) is 29.1 Å². The van der Waals surface area contributed by atoms with E-state index in [1.807, 2.05) is 24.3 Å². The van der Waals surface area contributed by atoms with E-state index in [1.54, 1.807) is 11.8 Å². The van der Waals surface area contributed by atoms with Gasteiger partial charge in [-0.3, -0.25) is 4.79 Å². The van der Waals surface area contributed by atoms with Crippen LogP contribution in [0.3, 0.4) is 0 Å². The van der Waals surface area contributed by atoms with Crippen molar-refractivity contribution in [3.63, 3.8) is 0 Å². The van der Waals surface area contributed by atoms with Gasteiger partial charge in [-0.05, 0) is 55.9 Å². The second-order valence-corrected chi connectivity index (χ2v) is 7.18. The van der Waals surface area contributed by atoms with E-state index in [9.17, 15) is 4.79 Å². The van der Waals surface area contributed by atoms with Gasteiger partial charge in [-0.2, -0.15) is 0 Å². The summed E-state index contributed by atoms with van der Waals surface area (Å²) in [5, 5.41) is 3.91. The molecule has 0 spiro atoms. The Balaban J connectivity index is 1.64. The Morgan fingerprint density at radius 1 is 1.25 bits per heavy atom. The Labute approximate surface area is 130 Å². The van der Waals surface area contributed by atoms with Crippen molar-refractivity contribution in [2.45, 2.75) is 50.0 Å². The minimum Gasteiger partial charge on any atom is -0.353 e. The fraction of sp³-hybridized carbons (Fsp3) is 0.562. The number of thioether (sulfide) groups is 1. The molecule has 1 saturated carbocycles. The zero-order chi connectivity index (χ0) is 14.4. The lowest BCUT2D eigenvalue weighted by Crippen LogP contribution is -2.37. The lowest BCUT2D eigenvalue weighted by molar-refractivity contribution is -0.121. The molecule has 1 aliphatic rings. The van der Waals surface area contributed by atoms with Crippen LogP contribution in [0.5, 0.6) is 0 Å². The maximum atomic E-state index is 11.9. The third kappa shape index (κ3) is 5.37. The number of rotatable bonds is 5. The van der Waals surface area contributed by atoms with E-state index < -0.39 is 0 Å². The molecule has 0 radical (unpaired) electrons. The number of halogens is 1. The van der Waals surface area contributed by atoms with Gasteiger partial charge in [0.2, 0.25) is 5.91 Å². The first-order valence-electron chi connectivity index (χ1n) is 7.31. The monoisotopic (exact) mass is 311 g/mol. The van der Waals surface area contributed by atoms with Crippen molar-refractivity contribution in [1.29, 1.82) is 0 Å². The van der Waals surface area contributed by atoms with Crippen LogP contribution in [0, 0.1) is 5.92 Å². The van der Waals surface area contributed by atoms with Gasteiger partial charge < -0.3 is 5.32 Å². The largest absolute Gasteiger partial charge is 0.353 e. The van der Waals surface area contributed by atoms with Crippen LogP contribution >= 0.6 is 23.4 Å². The molecule has 2 rings (SSSR count). The van der Waals surface area contributed by atoms with Crippen LogP contribution in [-0.2, 0) is 4.79 Å². The van der Waals surface area contributed by atoms with E-state index in [-0.39, 0.29) is 5.91 Å². The smallest absolute Gasteiger partial charge is 0.221 e. The summed E-state index contributed by atoms with van der Waals surface area (Å²) < 4.78 is 0. The molecular weight excluding hydrogens is 290 g/mol. The number of hydrogen-bond acceptors (Lipinski definition) is 2. The van der Waals surface area contributed by atoms with Crippen molar-refractivity contribution >= 4 is 29.3 Å². The zero-order valence-corrected chi connectivity index (χ0v) is 13.5. The highest BCUT2D eigenvalue weighted by molar-refractivity contribution is 7.99. The molecule has 0 unspecified atom stereocenters. The normalized spacial score (nSPS) is 22.5. The highest BCUT2D eigenvalue weighted by Gasteiger charge is 2.19. The van der Waals surface area contributed by atoms with Crippen LogP contribution in [0.25, 0.3) is 0 Å². The van der Waals surface area contributed by atoms with Crippen molar-refractivity contribution in [3.8, 4) is 0 Å². The molecule has 1 amide bonds. The first-order chi connectivity index (χ1) is 9.63. The second-order valence-electron chi connectivity index (χ2n) is 5.58. The molecule has 20 heavy (non-hydrogen) atoms. The average Bonchev–Trinajstić information content (AvgIpc) is 2.44. The Morgan fingerprint density at radius 2 is 1.90 bits per heavy atom. The van der Waals surface area contributed by atoms with Crippen molar-refractivity contribution in [2.24, 2.45) is 5.92 Å². The van der Waals surface area contributed by atoms with Gasteiger partial charge in [0.25, 0.3) is 0 Å². The summed E-state index contributed by atoms with van der Waals surface area (Å²) in [5.41, 5.74) is 0. The molecule has 2 nitrogen and oxygen atoms in total. The van der Waals surface area contributed by atoms with Gasteiger partial charge in [-0.25, -0.2) is 0 Å². The third-order valence-electron chi connectivity index (χ3n) is 3.79. The molecular formula is C16H22ClNOS. The van der Waals surface area contributed by atoms with Crippen molar-refractivity contribution in [1.82, 2.24) is 5.32 Å². The van der Waals surface area contributed by atoms with Gasteiger partial charge in [0.15, 0.2) is 0 Å². The summed E-state index contributed by atoms with van der Waals surface area (Å²) in [6.45, 7) is 2.29. The van der Waals surface area contributed by atoms with E-state index in [1.165, 1.54) is 12.8 Å². The van der Waals surface area contributed by atoms with Crippen molar-refractivity contribution in [3.05, 3.63) is 29.3 Å². The molecule has 4 heteroatoms. The molecule has 0 bridgehead atoms. The fourth-order valence-electron chi connectivity index (χ4n) is 2.50. The summed E-state index contributed by atoms with van der Waals surface area (Å²) in [6.07, 6.45) is 5.34. The van der Waals surface area contributed by atoms with Crippen LogP contribution in [0.2, 0.25) is 5.02 Å². The molecule has 1 N–H and O–H groups in total. The molecule has 1 aromatic carbocycles. The number of carbonyl (C=O) groups is 1. The summed E-state index contributed by atoms with van der Waals surface area (Å²) in [5.74, 6) is 1.82. The molecule has 0 atom stereocenters. The predicted octanol–water partition coefficient (Wildman–Crippen LogP) is 4.52. The van der Waals surface area contributed by atoms with Crippen LogP contribution < -0.4 is 5.32 Å². The summed E-state index contributed by atoms with van der Waals surface area (Å²) >= 11 is 7.54. The van der Waals surface area contributed by atoms with E-state index in [0.29, 0.717) is 12.5 Å². The van der Waals surface area contributed by atoms with Crippen LogP contribution in [0.1, 0.15) is 39.0 Å². The van der Waals surface area contributed by atoms with Gasteiger partial charge in [-0.15, -0.1) is 11.8 Å². The van der Waals surface area contributed by atoms with Crippen LogP contribution in [0.4, 0.5) is 0 Å². The first-order valence-corrected chi connectivity index (χ1v) is 8.67. The Hall–Kier alpha value is -0.670. The summed E-state index contributed by atoms with van der Waals surface area (Å²) in [4.78, 5) is 13.1. The minimum atomic E-state index is 0.186. The molecule has 0 aromatic heterocycles. The highest BCUT2D eigenvalue weighted by atomic mass is 35.5. The van der Waals surface area contributed by atoms with Gasteiger partial charge in [0.1, 0.15) is 0 Å². The van der Waals surface area contributed by atoms with E-state index in [4.69, 9.17) is 11.6 Å². The lowest BCUT2D eigenvalue weighted by atomic mass is 9.87. The lowest BCUT2D eigenvalue weighted by Gasteiger charge is -2.26. The minimum absolute atomic E-state index is 0.186. The number of hydrogen-bond donors (Lipinski definition) is 1. The maximum Gasteiger partial charge on any atom is 0.221 e. The van der Waals surface area contributed by atoms with Gasteiger partial charge in [0.05, 0.1) is 0 Å². The Morgan fingerprint density at radius 3 is 2.55 bits per heavy atom. The fourth-order valence-corrected chi connectivity index (χ4v) is 3.47. The van der Waals surface area contributed by atoms with Crippen LogP contribution in [-0.4, -0.2) is 17.7 Å². The molecule has 0 aliphatic heterocycles. The number of carbonyl (C=O) groups excluding carboxylic acids is 1. The quantitative estimate of drug-likeness (QED) is 0.810. The van der Waals surface area contributed by atoms with Crippen molar-refractivity contribution < 1.29 is 4.79 Å². The SMILES string of the molecule is CC1CCC(NC(=O)CCSc2ccc(Cl)cc2)CC1. The van der Waals surface area contributed by atoms with Gasteiger partial charge in [-0.1, -0.05) is 18.5 Å². The summed E-state index contributed by atoms with van der Waals surface area (Å²) in [7, 11) is 0. The molecule has 1 fully saturated rings. The molecule has 0 heterocycles. The van der Waals surface area contributed by atoms with E-state index >= 15 is 0 Å². The highest BCUT2D eigenvalue weighted by Crippen LogP contribution is 2.24. The van der Waals surface area contributed by atoms with E-state index in [0.717, 1.165) is 34.4 Å². The predicted molar refractivity (Wildman–Crippen MR) is 86.4 cm³/mol. The number of amides is 1.